The van der Waals surface area contributed by atoms with Crippen molar-refractivity contribution in [3.63, 3.8) is 0 Å². The first kappa shape index (κ1) is 16.8. The number of rotatable bonds is 1. The second-order valence-corrected chi connectivity index (χ2v) is 6.46. The molecule has 1 aromatic rings. The number of hydrogen-bond acceptors (Lipinski definition) is 8. The monoisotopic (exact) mass is 338 g/mol. The summed E-state index contributed by atoms with van der Waals surface area (Å²) in [6, 6.07) is 2.23. The molecule has 1 aromatic carbocycles. The fourth-order valence-corrected chi connectivity index (χ4v) is 3.67. The van der Waals surface area contributed by atoms with Crippen LogP contribution in [-0.4, -0.2) is 68.1 Å². The molecule has 8 nitrogen and oxygen atoms in total. The topological polar surface area (TPSA) is 145 Å². The Morgan fingerprint density at radius 2 is 1.67 bits per heavy atom. The number of aliphatic hydroxyl groups excluding tert-OH is 3. The molecule has 0 spiro atoms. The highest BCUT2D eigenvalue weighted by molar-refractivity contribution is 6.18. The number of phenols is 1. The Labute approximate surface area is 136 Å². The summed E-state index contributed by atoms with van der Waals surface area (Å²) in [5.41, 5.74) is -2.45. The van der Waals surface area contributed by atoms with Crippen molar-refractivity contribution in [1.82, 2.24) is 0 Å². The van der Waals surface area contributed by atoms with Crippen molar-refractivity contribution < 1.29 is 39.9 Å². The number of ether oxygens (including phenoxy) is 1. The molecular formula is C16H18O8. The number of methoxy groups -OCH3 is 1. The molecule has 8 heteroatoms. The molecular weight excluding hydrogens is 320 g/mol. The molecule has 0 heterocycles. The average molecular weight is 338 g/mol. The molecule has 0 bridgehead atoms. The summed E-state index contributed by atoms with van der Waals surface area (Å²) in [4.78, 5) is 25.6. The second-order valence-electron chi connectivity index (χ2n) is 6.46. The SMILES string of the molecule is COc1cc(O)cc2c1C(=O)C1C(C2=O)[C@@H](O)[C@](C)(O)[C@H](O)[C@H]1O. The van der Waals surface area contributed by atoms with Gasteiger partial charge < -0.3 is 30.3 Å². The van der Waals surface area contributed by atoms with Gasteiger partial charge in [-0.2, -0.15) is 0 Å². The second kappa shape index (κ2) is 5.25. The number of hydrogen-bond donors (Lipinski definition) is 5. The first-order valence-corrected chi connectivity index (χ1v) is 7.39. The molecule has 2 unspecified atom stereocenters. The largest absolute Gasteiger partial charge is 0.508 e. The Kier molecular flexibility index (Phi) is 3.68. The summed E-state index contributed by atoms with van der Waals surface area (Å²) in [6.45, 7) is 1.08. The lowest BCUT2D eigenvalue weighted by Crippen LogP contribution is -2.69. The minimum absolute atomic E-state index is 0.0460. The van der Waals surface area contributed by atoms with E-state index in [4.69, 9.17) is 4.74 Å². The molecule has 0 aromatic heterocycles. The zero-order valence-corrected chi connectivity index (χ0v) is 13.0. The Balaban J connectivity index is 2.24. The zero-order chi connectivity index (χ0) is 18.0. The molecule has 1 fully saturated rings. The van der Waals surface area contributed by atoms with Gasteiger partial charge in [0.05, 0.1) is 36.7 Å². The molecule has 0 aliphatic heterocycles. The van der Waals surface area contributed by atoms with Crippen molar-refractivity contribution in [2.45, 2.75) is 30.8 Å². The minimum atomic E-state index is -2.17. The minimum Gasteiger partial charge on any atom is -0.508 e. The van der Waals surface area contributed by atoms with Crippen molar-refractivity contribution in [3.8, 4) is 11.5 Å². The highest BCUT2D eigenvalue weighted by Gasteiger charge is 2.62. The van der Waals surface area contributed by atoms with Crippen LogP contribution in [0.3, 0.4) is 0 Å². The normalized spacial score (nSPS) is 38.5. The van der Waals surface area contributed by atoms with Crippen molar-refractivity contribution in [2.75, 3.05) is 7.11 Å². The van der Waals surface area contributed by atoms with Gasteiger partial charge in [0.15, 0.2) is 11.6 Å². The van der Waals surface area contributed by atoms with E-state index in [1.165, 1.54) is 7.11 Å². The fourth-order valence-electron chi connectivity index (χ4n) is 3.67. The van der Waals surface area contributed by atoms with Crippen LogP contribution in [0.4, 0.5) is 0 Å². The number of phenolic OH excluding ortho intramolecular Hbond substituents is 1. The summed E-state index contributed by atoms with van der Waals surface area (Å²) in [5.74, 6) is -4.63. The van der Waals surface area contributed by atoms with E-state index >= 15 is 0 Å². The van der Waals surface area contributed by atoms with E-state index in [9.17, 15) is 35.1 Å². The molecule has 1 saturated carbocycles. The Morgan fingerprint density at radius 3 is 2.25 bits per heavy atom. The number of Topliss-reactive ketones (excluding diaryl/α,β-unsaturated/α-hetero) is 2. The van der Waals surface area contributed by atoms with Crippen LogP contribution in [0.25, 0.3) is 0 Å². The molecule has 0 amide bonds. The third-order valence-corrected chi connectivity index (χ3v) is 5.04. The quantitative estimate of drug-likeness (QED) is 0.432. The molecule has 5 N–H and O–H groups in total. The number of fused-ring (bicyclic) bond motifs is 2. The lowest BCUT2D eigenvalue weighted by atomic mass is 9.59. The van der Waals surface area contributed by atoms with E-state index < -0.39 is 47.3 Å². The first-order chi connectivity index (χ1) is 11.1. The predicted molar refractivity (Wildman–Crippen MR) is 78.9 cm³/mol. The van der Waals surface area contributed by atoms with E-state index in [0.29, 0.717) is 0 Å². The maximum Gasteiger partial charge on any atom is 0.173 e. The maximum absolute atomic E-state index is 12.8. The molecule has 0 radical (unpaired) electrons. The maximum atomic E-state index is 12.8. The lowest BCUT2D eigenvalue weighted by Gasteiger charge is -2.49. The lowest BCUT2D eigenvalue weighted by molar-refractivity contribution is -0.217. The van der Waals surface area contributed by atoms with E-state index in [1.54, 1.807) is 0 Å². The van der Waals surface area contributed by atoms with Crippen LogP contribution in [0.15, 0.2) is 12.1 Å². The number of ketones is 2. The van der Waals surface area contributed by atoms with Crippen molar-refractivity contribution in [2.24, 2.45) is 11.8 Å². The molecule has 24 heavy (non-hydrogen) atoms. The Morgan fingerprint density at radius 1 is 1.04 bits per heavy atom. The highest BCUT2D eigenvalue weighted by Crippen LogP contribution is 2.46. The van der Waals surface area contributed by atoms with E-state index in [1.807, 2.05) is 0 Å². The number of carbonyl (C=O) groups is 2. The van der Waals surface area contributed by atoms with Gasteiger partial charge in [-0.05, 0) is 13.0 Å². The summed E-state index contributed by atoms with van der Waals surface area (Å²) < 4.78 is 5.03. The van der Waals surface area contributed by atoms with Crippen molar-refractivity contribution in [1.29, 1.82) is 0 Å². The smallest absolute Gasteiger partial charge is 0.173 e. The van der Waals surface area contributed by atoms with Crippen LogP contribution in [0.1, 0.15) is 27.6 Å². The van der Waals surface area contributed by atoms with E-state index in [0.717, 1.165) is 19.1 Å². The molecule has 2 aliphatic rings. The molecule has 0 saturated heterocycles. The zero-order valence-electron chi connectivity index (χ0n) is 13.0. The Hall–Kier alpha value is -2.00. The first-order valence-electron chi connectivity index (χ1n) is 7.39. The fraction of sp³-hybridized carbons (Fsp3) is 0.500. The number of benzene rings is 1. The molecule has 2 aliphatic carbocycles. The predicted octanol–water partition coefficient (Wildman–Crippen LogP) is -1.14. The summed E-state index contributed by atoms with van der Waals surface area (Å²) in [5, 5.41) is 50.6. The van der Waals surface area contributed by atoms with Crippen LogP contribution >= 0.6 is 0 Å². The van der Waals surface area contributed by atoms with Crippen LogP contribution in [0.2, 0.25) is 0 Å². The standard InChI is InChI=1S/C16H18O8/c1-16(23)14(21)10-9(13(20)15(16)22)12(19)8-6(11(10)18)3-5(17)4-7(8)24-2/h3-4,9-10,13-15,17,20-23H,1-2H3/t9?,10?,13-,14+,15+,16-/m0/s1. The van der Waals surface area contributed by atoms with Gasteiger partial charge in [0.2, 0.25) is 0 Å². The van der Waals surface area contributed by atoms with E-state index in [-0.39, 0.29) is 22.6 Å². The average Bonchev–Trinajstić information content (AvgIpc) is 2.53. The van der Waals surface area contributed by atoms with Crippen molar-refractivity contribution >= 4 is 11.6 Å². The van der Waals surface area contributed by atoms with Crippen LogP contribution < -0.4 is 4.74 Å². The van der Waals surface area contributed by atoms with Gasteiger partial charge in [-0.3, -0.25) is 9.59 Å². The van der Waals surface area contributed by atoms with Gasteiger partial charge in [-0.15, -0.1) is 0 Å². The summed E-state index contributed by atoms with van der Waals surface area (Å²) in [6.07, 6.45) is -5.31. The van der Waals surface area contributed by atoms with Gasteiger partial charge in [-0.25, -0.2) is 0 Å². The third kappa shape index (κ3) is 2.01. The number of aromatic hydroxyl groups is 1. The molecule has 6 atom stereocenters. The van der Waals surface area contributed by atoms with Gasteiger partial charge in [0, 0.05) is 11.6 Å². The third-order valence-electron chi connectivity index (χ3n) is 5.04. The van der Waals surface area contributed by atoms with Crippen LogP contribution in [-0.2, 0) is 0 Å². The molecule has 130 valence electrons. The Bertz CT molecular complexity index is 725. The van der Waals surface area contributed by atoms with Gasteiger partial charge in [-0.1, -0.05) is 0 Å². The number of carbonyl (C=O) groups excluding carboxylic acids is 2. The van der Waals surface area contributed by atoms with Crippen LogP contribution in [0, 0.1) is 11.8 Å². The van der Waals surface area contributed by atoms with Gasteiger partial charge in [0.1, 0.15) is 23.2 Å². The van der Waals surface area contributed by atoms with E-state index in [2.05, 4.69) is 0 Å². The number of aliphatic hydroxyl groups is 4. The molecule has 3 rings (SSSR count). The highest BCUT2D eigenvalue weighted by atomic mass is 16.5. The summed E-state index contributed by atoms with van der Waals surface area (Å²) >= 11 is 0. The van der Waals surface area contributed by atoms with Gasteiger partial charge >= 0.3 is 0 Å². The van der Waals surface area contributed by atoms with Crippen molar-refractivity contribution in [3.05, 3.63) is 23.3 Å². The summed E-state index contributed by atoms with van der Waals surface area (Å²) in [7, 11) is 1.25. The van der Waals surface area contributed by atoms with Gasteiger partial charge in [0.25, 0.3) is 0 Å². The van der Waals surface area contributed by atoms with Crippen LogP contribution in [0.5, 0.6) is 11.5 Å².